The van der Waals surface area contributed by atoms with E-state index in [1.165, 1.54) is 5.01 Å². The predicted octanol–water partition coefficient (Wildman–Crippen LogP) is 2.42. The van der Waals surface area contributed by atoms with E-state index in [0.29, 0.717) is 31.3 Å². The predicted molar refractivity (Wildman–Crippen MR) is 128 cm³/mol. The van der Waals surface area contributed by atoms with Crippen LogP contribution in [0.2, 0.25) is 0 Å². The Morgan fingerprint density at radius 2 is 1.74 bits per heavy atom. The molecular weight excluding hydrogens is 432 g/mol. The summed E-state index contributed by atoms with van der Waals surface area (Å²) >= 11 is 0. The molecular formula is C26H30N4O4. The molecule has 0 radical (unpaired) electrons. The number of nitrogens with zero attached hydrogens (tertiary/aromatic N) is 2. The van der Waals surface area contributed by atoms with Crippen LogP contribution in [0.25, 0.3) is 0 Å². The number of rotatable bonds is 11. The molecule has 1 heterocycles. The van der Waals surface area contributed by atoms with E-state index in [2.05, 4.69) is 15.7 Å². The fourth-order valence-electron chi connectivity index (χ4n) is 3.65. The third kappa shape index (κ3) is 7.16. The number of amides is 3. The fourth-order valence-corrected chi connectivity index (χ4v) is 3.65. The van der Waals surface area contributed by atoms with Gasteiger partial charge in [0.1, 0.15) is 5.75 Å². The Kier molecular flexibility index (Phi) is 7.91. The topological polar surface area (TPSA) is 100 Å². The second-order valence-electron chi connectivity index (χ2n) is 8.55. The van der Waals surface area contributed by atoms with Gasteiger partial charge in [-0.15, -0.1) is 0 Å². The molecule has 0 atom stereocenters. The van der Waals surface area contributed by atoms with Crippen LogP contribution in [0.4, 0.5) is 0 Å². The van der Waals surface area contributed by atoms with Gasteiger partial charge in [-0.2, -0.15) is 5.10 Å². The van der Waals surface area contributed by atoms with Gasteiger partial charge in [-0.05, 0) is 42.5 Å². The van der Waals surface area contributed by atoms with Gasteiger partial charge in [-0.3, -0.25) is 14.4 Å². The van der Waals surface area contributed by atoms with Gasteiger partial charge in [0.05, 0.1) is 12.3 Å². The zero-order chi connectivity index (χ0) is 23.8. The zero-order valence-electron chi connectivity index (χ0n) is 19.2. The van der Waals surface area contributed by atoms with E-state index in [4.69, 9.17) is 4.74 Å². The summed E-state index contributed by atoms with van der Waals surface area (Å²) in [7, 11) is 0. The van der Waals surface area contributed by atoms with Gasteiger partial charge in [-0.25, -0.2) is 5.01 Å². The Bertz CT molecular complexity index is 1030. The lowest BCUT2D eigenvalue weighted by atomic mass is 10.1. The average molecular weight is 463 g/mol. The molecule has 0 saturated heterocycles. The highest BCUT2D eigenvalue weighted by Gasteiger charge is 2.23. The normalized spacial score (nSPS) is 14.9. The summed E-state index contributed by atoms with van der Waals surface area (Å²) in [5, 5.41) is 11.6. The highest BCUT2D eigenvalue weighted by atomic mass is 16.5. The monoisotopic (exact) mass is 462 g/mol. The number of benzene rings is 2. The molecule has 2 aromatic carbocycles. The zero-order valence-corrected chi connectivity index (χ0v) is 19.2. The lowest BCUT2D eigenvalue weighted by Crippen LogP contribution is -2.30. The van der Waals surface area contributed by atoms with Crippen molar-refractivity contribution in [1.29, 1.82) is 0 Å². The molecule has 0 bridgehead atoms. The van der Waals surface area contributed by atoms with Crippen molar-refractivity contribution in [2.75, 3.05) is 19.7 Å². The van der Waals surface area contributed by atoms with Crippen molar-refractivity contribution in [3.05, 3.63) is 65.7 Å². The smallest absolute Gasteiger partial charge is 0.258 e. The van der Waals surface area contributed by atoms with Crippen LogP contribution in [0.1, 0.15) is 43.2 Å². The Morgan fingerprint density at radius 3 is 2.47 bits per heavy atom. The van der Waals surface area contributed by atoms with Crippen molar-refractivity contribution in [3.8, 4) is 5.75 Å². The number of nitrogens with one attached hydrogen (secondary N) is 2. The second kappa shape index (κ2) is 11.4. The first-order valence-electron chi connectivity index (χ1n) is 11.8. The number of carbonyl (C=O) groups is 3. The van der Waals surface area contributed by atoms with Gasteiger partial charge in [0, 0.05) is 31.8 Å². The van der Waals surface area contributed by atoms with E-state index in [0.717, 1.165) is 36.1 Å². The number of ether oxygens (including phenoxy) is 1. The largest absolute Gasteiger partial charge is 0.484 e. The minimum Gasteiger partial charge on any atom is -0.484 e. The molecule has 34 heavy (non-hydrogen) atoms. The van der Waals surface area contributed by atoms with Gasteiger partial charge in [0.2, 0.25) is 11.8 Å². The maximum absolute atomic E-state index is 12.4. The minimum atomic E-state index is -0.151. The van der Waals surface area contributed by atoms with Crippen molar-refractivity contribution in [2.24, 2.45) is 5.10 Å². The first-order chi connectivity index (χ1) is 16.6. The summed E-state index contributed by atoms with van der Waals surface area (Å²) in [5.41, 5.74) is 2.97. The van der Waals surface area contributed by atoms with Crippen molar-refractivity contribution in [1.82, 2.24) is 15.6 Å². The molecule has 1 aliphatic heterocycles. The molecule has 2 aliphatic rings. The summed E-state index contributed by atoms with van der Waals surface area (Å²) in [6.07, 6.45) is 3.77. The molecule has 0 unspecified atom stereocenters. The maximum atomic E-state index is 12.4. The van der Waals surface area contributed by atoms with Crippen molar-refractivity contribution < 1.29 is 19.1 Å². The Hall–Kier alpha value is -3.68. The second-order valence-corrected chi connectivity index (χ2v) is 8.55. The third-order valence-corrected chi connectivity index (χ3v) is 5.73. The lowest BCUT2D eigenvalue weighted by molar-refractivity contribution is -0.133. The average Bonchev–Trinajstić information content (AvgIpc) is 3.53. The molecule has 178 valence electrons. The van der Waals surface area contributed by atoms with Crippen molar-refractivity contribution in [3.63, 3.8) is 0 Å². The Balaban J connectivity index is 1.11. The van der Waals surface area contributed by atoms with Gasteiger partial charge >= 0.3 is 0 Å². The summed E-state index contributed by atoms with van der Waals surface area (Å²) in [6.45, 7) is 1.05. The summed E-state index contributed by atoms with van der Waals surface area (Å²) < 4.78 is 5.50. The van der Waals surface area contributed by atoms with Gasteiger partial charge in [-0.1, -0.05) is 42.5 Å². The van der Waals surface area contributed by atoms with Crippen LogP contribution >= 0.6 is 0 Å². The first-order valence-corrected chi connectivity index (χ1v) is 11.8. The molecule has 3 amide bonds. The molecule has 2 N–H and O–H groups in total. The van der Waals surface area contributed by atoms with Crippen molar-refractivity contribution >= 4 is 23.4 Å². The maximum Gasteiger partial charge on any atom is 0.258 e. The van der Waals surface area contributed by atoms with E-state index in [-0.39, 0.29) is 37.2 Å². The highest BCUT2D eigenvalue weighted by Crippen LogP contribution is 2.19. The number of hydrazone groups is 1. The molecule has 2 aromatic rings. The van der Waals surface area contributed by atoms with Crippen LogP contribution in [-0.2, 0) is 20.8 Å². The minimum absolute atomic E-state index is 0.0148. The quantitative estimate of drug-likeness (QED) is 0.536. The SMILES string of the molecule is O=C(CCC(=O)N1CCC(c2ccccc2)=N1)NCCc1ccc(OCC(=O)NC2CC2)cc1. The van der Waals surface area contributed by atoms with Crippen molar-refractivity contribution in [2.45, 2.75) is 44.6 Å². The van der Waals surface area contributed by atoms with Crippen LogP contribution in [-0.4, -0.2) is 54.2 Å². The number of carbonyl (C=O) groups excluding carboxylic acids is 3. The Labute approximate surface area is 199 Å². The molecule has 8 nitrogen and oxygen atoms in total. The third-order valence-electron chi connectivity index (χ3n) is 5.73. The molecule has 1 fully saturated rings. The molecule has 1 saturated carbocycles. The van der Waals surface area contributed by atoms with E-state index in [9.17, 15) is 14.4 Å². The van der Waals surface area contributed by atoms with Gasteiger partial charge < -0.3 is 15.4 Å². The summed E-state index contributed by atoms with van der Waals surface area (Å²) in [4.78, 5) is 36.2. The van der Waals surface area contributed by atoms with Crippen LogP contribution in [0, 0.1) is 0 Å². The molecule has 0 aromatic heterocycles. The van der Waals surface area contributed by atoms with Crippen LogP contribution in [0.15, 0.2) is 59.7 Å². The van der Waals surface area contributed by atoms with Gasteiger partial charge in [0.25, 0.3) is 5.91 Å². The highest BCUT2D eigenvalue weighted by molar-refractivity contribution is 6.02. The first kappa shape index (κ1) is 23.5. The van der Waals surface area contributed by atoms with E-state index < -0.39 is 0 Å². The number of hydrogen-bond acceptors (Lipinski definition) is 5. The van der Waals surface area contributed by atoms with Crippen LogP contribution < -0.4 is 15.4 Å². The molecule has 0 spiro atoms. The lowest BCUT2D eigenvalue weighted by Gasteiger charge is -2.11. The summed E-state index contributed by atoms with van der Waals surface area (Å²) in [6, 6.07) is 17.6. The van der Waals surface area contributed by atoms with Crippen LogP contribution in [0.3, 0.4) is 0 Å². The standard InChI is InChI=1S/C26H30N4O4/c31-24(12-13-26(33)30-17-15-23(29-30)20-4-2-1-3-5-20)27-16-14-19-6-10-22(11-7-19)34-18-25(32)28-21-8-9-21/h1-7,10-11,21H,8-9,12-18H2,(H,27,31)(H,28,32). The fraction of sp³-hybridized carbons (Fsp3) is 0.385. The Morgan fingerprint density at radius 1 is 0.971 bits per heavy atom. The van der Waals surface area contributed by atoms with E-state index in [1.54, 1.807) is 0 Å². The number of hydrogen-bond donors (Lipinski definition) is 2. The van der Waals surface area contributed by atoms with Crippen LogP contribution in [0.5, 0.6) is 5.75 Å². The van der Waals surface area contributed by atoms with E-state index >= 15 is 0 Å². The molecule has 8 heteroatoms. The summed E-state index contributed by atoms with van der Waals surface area (Å²) in [5.74, 6) is 0.252. The molecule has 1 aliphatic carbocycles. The van der Waals surface area contributed by atoms with E-state index in [1.807, 2.05) is 54.6 Å². The van der Waals surface area contributed by atoms with Gasteiger partial charge in [0.15, 0.2) is 6.61 Å². The molecule has 4 rings (SSSR count).